The second-order valence-corrected chi connectivity index (χ2v) is 8.74. The number of aromatic amines is 1. The molecular formula is C19H18BrN3O3S. The highest BCUT2D eigenvalue weighted by molar-refractivity contribution is 9.10. The molecule has 3 rings (SSSR count). The summed E-state index contributed by atoms with van der Waals surface area (Å²) in [5.41, 5.74) is 2.73. The Morgan fingerprint density at radius 2 is 1.74 bits per heavy atom. The molecule has 0 saturated carbocycles. The summed E-state index contributed by atoms with van der Waals surface area (Å²) in [4.78, 5) is 19.3. The maximum absolute atomic E-state index is 12.5. The number of hydrogen-bond donors (Lipinski definition) is 2. The van der Waals surface area contributed by atoms with Crippen molar-refractivity contribution in [2.75, 3.05) is 4.72 Å². The first-order valence-corrected chi connectivity index (χ1v) is 10.5. The second kappa shape index (κ2) is 7.66. The Hall–Kier alpha value is -2.45. The third kappa shape index (κ3) is 4.45. The van der Waals surface area contributed by atoms with Crippen LogP contribution < -0.4 is 10.3 Å². The number of nitrogens with one attached hydrogen (secondary N) is 2. The number of anilines is 1. The Labute approximate surface area is 165 Å². The van der Waals surface area contributed by atoms with E-state index in [2.05, 4.69) is 30.6 Å². The maximum Gasteiger partial charge on any atom is 0.264 e. The molecule has 2 N–H and O–H groups in total. The standard InChI is InChI=1S/C19H18BrN3O3S/c1-12-5-3-4-6-14(12)11-17-13(2)21-19(22-18(17)24)23-27(25,26)16-9-7-15(20)8-10-16/h3-10H,11H2,1-2H3,(H2,21,22,23,24). The van der Waals surface area contributed by atoms with Crippen molar-refractivity contribution in [3.8, 4) is 0 Å². The smallest absolute Gasteiger partial charge is 0.264 e. The number of nitrogens with zero attached hydrogens (tertiary/aromatic N) is 1. The van der Waals surface area contributed by atoms with E-state index < -0.39 is 10.0 Å². The Balaban J connectivity index is 1.90. The SMILES string of the molecule is Cc1ccccc1Cc1c(C)nc(NS(=O)(=O)c2ccc(Br)cc2)[nH]c1=O. The zero-order valence-corrected chi connectivity index (χ0v) is 17.2. The first-order valence-electron chi connectivity index (χ1n) is 8.19. The minimum Gasteiger partial charge on any atom is -0.292 e. The zero-order chi connectivity index (χ0) is 19.6. The van der Waals surface area contributed by atoms with Gasteiger partial charge in [0, 0.05) is 16.5 Å². The average Bonchev–Trinajstić information content (AvgIpc) is 2.59. The highest BCUT2D eigenvalue weighted by Crippen LogP contribution is 2.18. The normalized spacial score (nSPS) is 11.4. The van der Waals surface area contributed by atoms with Crippen LogP contribution in [0.15, 0.2) is 62.7 Å². The topological polar surface area (TPSA) is 91.9 Å². The Kier molecular flexibility index (Phi) is 5.48. The Morgan fingerprint density at radius 3 is 2.37 bits per heavy atom. The molecule has 0 aliphatic carbocycles. The van der Waals surface area contributed by atoms with E-state index in [0.717, 1.165) is 15.6 Å². The molecule has 0 saturated heterocycles. The summed E-state index contributed by atoms with van der Waals surface area (Å²) < 4.78 is 28.0. The van der Waals surface area contributed by atoms with Crippen LogP contribution >= 0.6 is 15.9 Å². The van der Waals surface area contributed by atoms with Gasteiger partial charge in [0.25, 0.3) is 15.6 Å². The van der Waals surface area contributed by atoms with Crippen molar-refractivity contribution < 1.29 is 8.42 Å². The van der Waals surface area contributed by atoms with E-state index in [9.17, 15) is 13.2 Å². The molecule has 27 heavy (non-hydrogen) atoms. The van der Waals surface area contributed by atoms with Gasteiger partial charge in [0.1, 0.15) is 0 Å². The summed E-state index contributed by atoms with van der Waals surface area (Å²) in [6.45, 7) is 3.67. The van der Waals surface area contributed by atoms with Crippen molar-refractivity contribution in [2.45, 2.75) is 25.2 Å². The lowest BCUT2D eigenvalue weighted by Crippen LogP contribution is -2.22. The van der Waals surface area contributed by atoms with Crippen molar-refractivity contribution in [1.82, 2.24) is 9.97 Å². The van der Waals surface area contributed by atoms with Gasteiger partial charge >= 0.3 is 0 Å². The highest BCUT2D eigenvalue weighted by atomic mass is 79.9. The van der Waals surface area contributed by atoms with E-state index in [1.807, 2.05) is 31.2 Å². The molecule has 3 aromatic rings. The van der Waals surface area contributed by atoms with Crippen LogP contribution in [0.3, 0.4) is 0 Å². The van der Waals surface area contributed by atoms with Gasteiger partial charge in [0.05, 0.1) is 10.6 Å². The lowest BCUT2D eigenvalue weighted by atomic mass is 10.0. The maximum atomic E-state index is 12.5. The molecular weight excluding hydrogens is 430 g/mol. The summed E-state index contributed by atoms with van der Waals surface area (Å²) in [7, 11) is -3.85. The number of aryl methyl sites for hydroxylation is 2. The van der Waals surface area contributed by atoms with Gasteiger partial charge in [-0.1, -0.05) is 40.2 Å². The van der Waals surface area contributed by atoms with Crippen molar-refractivity contribution >= 4 is 31.9 Å². The molecule has 0 bridgehead atoms. The van der Waals surface area contributed by atoms with Gasteiger partial charge in [0.15, 0.2) is 0 Å². The van der Waals surface area contributed by atoms with Gasteiger partial charge < -0.3 is 0 Å². The number of aromatic nitrogens is 2. The molecule has 1 aromatic heterocycles. The van der Waals surface area contributed by atoms with Crippen LogP contribution in [-0.2, 0) is 16.4 Å². The van der Waals surface area contributed by atoms with E-state index in [0.29, 0.717) is 17.7 Å². The molecule has 6 nitrogen and oxygen atoms in total. The molecule has 8 heteroatoms. The van der Waals surface area contributed by atoms with Crippen LogP contribution in [0.4, 0.5) is 5.95 Å². The number of halogens is 1. The molecule has 2 aromatic carbocycles. The van der Waals surface area contributed by atoms with E-state index in [1.54, 1.807) is 19.1 Å². The molecule has 0 spiro atoms. The molecule has 140 valence electrons. The third-order valence-corrected chi connectivity index (χ3v) is 6.09. The van der Waals surface area contributed by atoms with Gasteiger partial charge in [-0.3, -0.25) is 9.78 Å². The Bertz CT molecular complexity index is 1140. The molecule has 0 aliphatic rings. The molecule has 0 unspecified atom stereocenters. The van der Waals surface area contributed by atoms with Crippen molar-refractivity contribution in [2.24, 2.45) is 0 Å². The van der Waals surface area contributed by atoms with Crippen LogP contribution in [0, 0.1) is 13.8 Å². The van der Waals surface area contributed by atoms with Crippen molar-refractivity contribution in [1.29, 1.82) is 0 Å². The van der Waals surface area contributed by atoms with Crippen molar-refractivity contribution in [3.05, 3.63) is 85.7 Å². The molecule has 0 aliphatic heterocycles. The van der Waals surface area contributed by atoms with Crippen LogP contribution in [0.1, 0.15) is 22.4 Å². The monoisotopic (exact) mass is 447 g/mol. The molecule has 0 amide bonds. The lowest BCUT2D eigenvalue weighted by molar-refractivity contribution is 0.600. The quantitative estimate of drug-likeness (QED) is 0.625. The van der Waals surface area contributed by atoms with E-state index in [1.165, 1.54) is 12.1 Å². The summed E-state index contributed by atoms with van der Waals surface area (Å²) in [6.07, 6.45) is 0.431. The minimum absolute atomic E-state index is 0.0787. The summed E-state index contributed by atoms with van der Waals surface area (Å²) >= 11 is 3.26. The van der Waals surface area contributed by atoms with Crippen LogP contribution in [-0.4, -0.2) is 18.4 Å². The predicted octanol–water partition coefficient (Wildman–Crippen LogP) is 3.54. The van der Waals surface area contributed by atoms with Gasteiger partial charge in [-0.15, -0.1) is 0 Å². The number of sulfonamides is 1. The lowest BCUT2D eigenvalue weighted by Gasteiger charge is -2.11. The average molecular weight is 448 g/mol. The van der Waals surface area contributed by atoms with Gasteiger partial charge in [0.2, 0.25) is 5.95 Å². The fourth-order valence-corrected chi connectivity index (χ4v) is 3.89. The number of rotatable bonds is 5. The molecule has 1 heterocycles. The zero-order valence-electron chi connectivity index (χ0n) is 14.8. The minimum atomic E-state index is -3.85. The highest BCUT2D eigenvalue weighted by Gasteiger charge is 2.17. The first kappa shape index (κ1) is 19.3. The first-order chi connectivity index (χ1) is 12.8. The summed E-state index contributed by atoms with van der Waals surface area (Å²) in [5.74, 6) is -0.103. The number of H-pyrrole nitrogens is 1. The number of benzene rings is 2. The fourth-order valence-electron chi connectivity index (χ4n) is 2.67. The third-order valence-electron chi connectivity index (χ3n) is 4.21. The summed E-state index contributed by atoms with van der Waals surface area (Å²) in [6, 6.07) is 14.0. The molecule has 0 fully saturated rings. The van der Waals surface area contributed by atoms with E-state index >= 15 is 0 Å². The summed E-state index contributed by atoms with van der Waals surface area (Å²) in [5, 5.41) is 0. The van der Waals surface area contributed by atoms with E-state index in [-0.39, 0.29) is 16.4 Å². The van der Waals surface area contributed by atoms with Gasteiger partial charge in [-0.05, 0) is 49.2 Å². The predicted molar refractivity (Wildman–Crippen MR) is 109 cm³/mol. The van der Waals surface area contributed by atoms with Crippen molar-refractivity contribution in [3.63, 3.8) is 0 Å². The number of hydrogen-bond acceptors (Lipinski definition) is 4. The van der Waals surface area contributed by atoms with Crippen LogP contribution in [0.25, 0.3) is 0 Å². The van der Waals surface area contributed by atoms with Gasteiger partial charge in [-0.2, -0.15) is 0 Å². The van der Waals surface area contributed by atoms with Crippen LogP contribution in [0.2, 0.25) is 0 Å². The van der Waals surface area contributed by atoms with E-state index in [4.69, 9.17) is 0 Å². The largest absolute Gasteiger partial charge is 0.292 e. The van der Waals surface area contributed by atoms with Crippen LogP contribution in [0.5, 0.6) is 0 Å². The van der Waals surface area contributed by atoms with Gasteiger partial charge in [-0.25, -0.2) is 18.1 Å². The molecule has 0 atom stereocenters. The fraction of sp³-hybridized carbons (Fsp3) is 0.158. The Morgan fingerprint density at radius 1 is 1.07 bits per heavy atom. The second-order valence-electron chi connectivity index (χ2n) is 6.14. The molecule has 0 radical (unpaired) electrons.